The fourth-order valence-electron chi connectivity index (χ4n) is 4.45. The van der Waals surface area contributed by atoms with Gasteiger partial charge in [-0.15, -0.1) is 0 Å². The second-order valence-corrected chi connectivity index (χ2v) is 15.7. The van der Waals surface area contributed by atoms with Gasteiger partial charge in [0, 0.05) is 39.0 Å². The highest BCUT2D eigenvalue weighted by atomic mass is 28.4. The van der Waals surface area contributed by atoms with Gasteiger partial charge in [-0.1, -0.05) is 34.6 Å². The van der Waals surface area contributed by atoms with Crippen LogP contribution in [0.2, 0.25) is 24.2 Å². The van der Waals surface area contributed by atoms with Crippen LogP contribution in [0, 0.1) is 0 Å². The molecule has 0 unspecified atom stereocenters. The van der Waals surface area contributed by atoms with Gasteiger partial charge in [0.25, 0.3) is 0 Å². The van der Waals surface area contributed by atoms with Gasteiger partial charge in [-0.05, 0) is 71.4 Å². The number of nitrogens with zero attached hydrogens (tertiary/aromatic N) is 2. The minimum Gasteiger partial charge on any atom is -0.374 e. The Morgan fingerprint density at radius 2 is 1.07 bits per heavy atom. The van der Waals surface area contributed by atoms with E-state index in [-0.39, 0.29) is 0 Å². The molecule has 0 radical (unpaired) electrons. The summed E-state index contributed by atoms with van der Waals surface area (Å²) in [6.07, 6.45) is 2.32. The summed E-state index contributed by atoms with van der Waals surface area (Å²) >= 11 is 0. The van der Waals surface area contributed by atoms with Crippen LogP contribution in [-0.4, -0.2) is 79.0 Å². The van der Waals surface area contributed by atoms with Gasteiger partial charge in [-0.3, -0.25) is 0 Å². The summed E-state index contributed by atoms with van der Waals surface area (Å²) in [5, 5.41) is 0. The van der Waals surface area contributed by atoms with Crippen LogP contribution in [0.25, 0.3) is 0 Å². The zero-order valence-electron chi connectivity index (χ0n) is 21.0. The first-order valence-corrected chi connectivity index (χ1v) is 16.9. The molecule has 7 heteroatoms. The van der Waals surface area contributed by atoms with Crippen LogP contribution in [0.3, 0.4) is 0 Å². The van der Waals surface area contributed by atoms with E-state index in [1.807, 2.05) is 20.8 Å². The first-order valence-electron chi connectivity index (χ1n) is 12.4. The van der Waals surface area contributed by atoms with Gasteiger partial charge in [-0.25, -0.2) is 0 Å². The molecule has 0 aliphatic heterocycles. The second kappa shape index (κ2) is 16.9. The molecule has 0 rings (SSSR count). The van der Waals surface area contributed by atoms with Gasteiger partial charge < -0.3 is 22.7 Å². The van der Waals surface area contributed by atoms with E-state index < -0.39 is 17.0 Å². The third kappa shape index (κ3) is 9.93. The monoisotopic (exact) mass is 448 g/mol. The van der Waals surface area contributed by atoms with Crippen molar-refractivity contribution in [1.29, 1.82) is 0 Å². The zero-order valence-corrected chi connectivity index (χ0v) is 23.0. The van der Waals surface area contributed by atoms with E-state index in [2.05, 4.69) is 44.1 Å². The van der Waals surface area contributed by atoms with Crippen molar-refractivity contribution in [1.82, 2.24) is 9.47 Å². The number of likely N-dealkylation sites (N-methyl/N-ethyl adjacent to an activating group) is 1. The Balaban J connectivity index is 5.01. The van der Waals surface area contributed by atoms with Crippen molar-refractivity contribution in [3.63, 3.8) is 0 Å². The lowest BCUT2D eigenvalue weighted by molar-refractivity contribution is 0.0705. The minimum atomic E-state index is -2.50. The Morgan fingerprint density at radius 1 is 0.586 bits per heavy atom. The lowest BCUT2D eigenvalue weighted by Crippen LogP contribution is -2.54. The Bertz CT molecular complexity index is 356. The first-order chi connectivity index (χ1) is 14.0. The van der Waals surface area contributed by atoms with E-state index >= 15 is 0 Å². The Hall–Kier alpha value is 0.234. The molecule has 0 N–H and O–H groups in total. The van der Waals surface area contributed by atoms with Gasteiger partial charge in [-0.2, -0.15) is 0 Å². The topological polar surface area (TPSA) is 34.2 Å². The molecule has 0 aliphatic carbocycles. The molecule has 29 heavy (non-hydrogen) atoms. The molecule has 0 bridgehead atoms. The maximum atomic E-state index is 6.04. The molecule has 0 aromatic carbocycles. The molecule has 0 saturated carbocycles. The first kappa shape index (κ1) is 29.2. The number of rotatable bonds is 20. The van der Waals surface area contributed by atoms with E-state index in [1.54, 1.807) is 0 Å². The highest BCUT2D eigenvalue weighted by Gasteiger charge is 2.40. The Kier molecular flexibility index (Phi) is 17.0. The zero-order chi connectivity index (χ0) is 22.2. The predicted octanol–water partition coefficient (Wildman–Crippen LogP) is 5.46. The van der Waals surface area contributed by atoms with Gasteiger partial charge in [0.1, 0.15) is 8.24 Å². The maximum absolute atomic E-state index is 6.04. The molecule has 0 aromatic heterocycles. The van der Waals surface area contributed by atoms with Crippen LogP contribution in [0.4, 0.5) is 0 Å². The van der Waals surface area contributed by atoms with E-state index in [0.29, 0.717) is 19.8 Å². The summed E-state index contributed by atoms with van der Waals surface area (Å²) in [5.74, 6) is 0. The molecule has 0 saturated heterocycles. The van der Waals surface area contributed by atoms with Crippen LogP contribution in [0.5, 0.6) is 0 Å². The van der Waals surface area contributed by atoms with Crippen LogP contribution < -0.4 is 0 Å². The molecular formula is C22H52N2O3Si2. The second-order valence-electron chi connectivity index (χ2n) is 7.74. The lowest BCUT2D eigenvalue weighted by Gasteiger charge is -2.42. The summed E-state index contributed by atoms with van der Waals surface area (Å²) in [6.45, 7) is 25.8. The molecule has 0 atom stereocenters. The quantitative estimate of drug-likeness (QED) is 0.182. The minimum absolute atomic E-state index is 0.666. The average Bonchev–Trinajstić information content (AvgIpc) is 2.73. The van der Waals surface area contributed by atoms with Crippen LogP contribution in [-0.2, 0) is 13.3 Å². The molecule has 0 fully saturated rings. The third-order valence-corrected chi connectivity index (χ3v) is 15.4. The SMILES string of the molecule is CCO[Si](CCCCN(CCN(CC)CC)[Si](CC)(CC)CC)(OCC)OCC. The highest BCUT2D eigenvalue weighted by molar-refractivity contribution is 6.77. The van der Waals surface area contributed by atoms with Crippen molar-refractivity contribution in [2.24, 2.45) is 0 Å². The normalized spacial score (nSPS) is 13.0. The molecule has 0 spiro atoms. The van der Waals surface area contributed by atoms with Crippen molar-refractivity contribution in [3.8, 4) is 0 Å². The van der Waals surface area contributed by atoms with Gasteiger partial charge >= 0.3 is 8.80 Å². The third-order valence-electron chi connectivity index (χ3n) is 6.48. The number of hydrogen-bond donors (Lipinski definition) is 0. The summed E-state index contributed by atoms with van der Waals surface area (Å²) in [4.78, 5) is 2.56. The molecule has 0 aliphatic rings. The molecule has 0 heterocycles. The van der Waals surface area contributed by atoms with Crippen LogP contribution in [0.15, 0.2) is 0 Å². The van der Waals surface area contributed by atoms with Crippen molar-refractivity contribution in [2.45, 2.75) is 92.4 Å². The standard InChI is InChI=1S/C22H52N2O3Si2/c1-9-23(10-2)20-21-24(28(14-6,15-7)16-8)19-17-18-22-29(25-11-3,26-12-4)27-13-5/h9-22H2,1-8H3. The molecule has 0 amide bonds. The Labute approximate surface area is 184 Å². The highest BCUT2D eigenvalue weighted by Crippen LogP contribution is 2.26. The predicted molar refractivity (Wildman–Crippen MR) is 131 cm³/mol. The van der Waals surface area contributed by atoms with Crippen molar-refractivity contribution >= 4 is 17.0 Å². The molecule has 0 aromatic rings. The van der Waals surface area contributed by atoms with E-state index in [1.165, 1.54) is 44.2 Å². The van der Waals surface area contributed by atoms with E-state index in [4.69, 9.17) is 13.3 Å². The Morgan fingerprint density at radius 3 is 1.45 bits per heavy atom. The van der Waals surface area contributed by atoms with Gasteiger partial charge in [0.15, 0.2) is 0 Å². The van der Waals surface area contributed by atoms with Crippen molar-refractivity contribution in [3.05, 3.63) is 0 Å². The van der Waals surface area contributed by atoms with Crippen LogP contribution >= 0.6 is 0 Å². The lowest BCUT2D eigenvalue weighted by atomic mass is 10.3. The average molecular weight is 449 g/mol. The van der Waals surface area contributed by atoms with Gasteiger partial charge in [0.05, 0.1) is 0 Å². The number of unbranched alkanes of at least 4 members (excludes halogenated alkanes) is 1. The molecular weight excluding hydrogens is 396 g/mol. The molecule has 5 nitrogen and oxygen atoms in total. The fourth-order valence-corrected chi connectivity index (χ4v) is 11.2. The number of hydrogen-bond acceptors (Lipinski definition) is 5. The summed E-state index contributed by atoms with van der Waals surface area (Å²) in [6, 6.07) is 5.00. The van der Waals surface area contributed by atoms with Gasteiger partial charge in [0.2, 0.25) is 0 Å². The summed E-state index contributed by atoms with van der Waals surface area (Å²) in [5.41, 5.74) is 0. The van der Waals surface area contributed by atoms with E-state index in [0.717, 1.165) is 25.6 Å². The largest absolute Gasteiger partial charge is 0.500 e. The summed E-state index contributed by atoms with van der Waals surface area (Å²) < 4.78 is 21.0. The van der Waals surface area contributed by atoms with Crippen molar-refractivity contribution in [2.75, 3.05) is 52.5 Å². The van der Waals surface area contributed by atoms with Crippen LogP contribution in [0.1, 0.15) is 68.2 Å². The fraction of sp³-hybridized carbons (Fsp3) is 1.00. The molecule has 176 valence electrons. The maximum Gasteiger partial charge on any atom is 0.500 e. The smallest absolute Gasteiger partial charge is 0.374 e. The van der Waals surface area contributed by atoms with E-state index in [9.17, 15) is 0 Å². The van der Waals surface area contributed by atoms with Crippen molar-refractivity contribution < 1.29 is 13.3 Å². The summed E-state index contributed by atoms with van der Waals surface area (Å²) in [7, 11) is -3.86.